The van der Waals surface area contributed by atoms with E-state index in [1.165, 1.54) is 0 Å². The Labute approximate surface area is 201 Å². The van der Waals surface area contributed by atoms with E-state index in [9.17, 15) is 5.11 Å². The zero-order chi connectivity index (χ0) is 23.6. The first-order valence-corrected chi connectivity index (χ1v) is 11.5. The summed E-state index contributed by atoms with van der Waals surface area (Å²) in [5, 5.41) is 10.1. The quantitative estimate of drug-likeness (QED) is 0.461. The van der Waals surface area contributed by atoms with Gasteiger partial charge in [0, 0.05) is 7.11 Å². The first kappa shape index (κ1) is 24.5. The lowest BCUT2D eigenvalue weighted by Crippen LogP contribution is -2.61. The molecule has 1 fully saturated rings. The third-order valence-electron chi connectivity index (χ3n) is 5.86. The fourth-order valence-corrected chi connectivity index (χ4v) is 4.08. The molecule has 0 unspecified atom stereocenters. The van der Waals surface area contributed by atoms with Gasteiger partial charge in [0.15, 0.2) is 6.29 Å². The molecule has 5 atom stereocenters. The molecule has 1 aliphatic heterocycles. The summed E-state index contributed by atoms with van der Waals surface area (Å²) in [4.78, 5) is 0. The van der Waals surface area contributed by atoms with E-state index in [4.69, 9.17) is 23.7 Å². The van der Waals surface area contributed by atoms with Crippen LogP contribution in [0.5, 0.6) is 0 Å². The number of benzene rings is 3. The molecular formula is C28H32O6. The van der Waals surface area contributed by atoms with Crippen molar-refractivity contribution in [1.82, 2.24) is 0 Å². The van der Waals surface area contributed by atoms with Gasteiger partial charge in [-0.05, 0) is 16.7 Å². The number of rotatable bonds is 11. The first-order chi connectivity index (χ1) is 16.8. The van der Waals surface area contributed by atoms with Gasteiger partial charge in [-0.2, -0.15) is 0 Å². The van der Waals surface area contributed by atoms with E-state index in [1.54, 1.807) is 7.11 Å². The lowest BCUT2D eigenvalue weighted by Gasteiger charge is -2.45. The van der Waals surface area contributed by atoms with Crippen LogP contribution in [0.3, 0.4) is 0 Å². The highest BCUT2D eigenvalue weighted by atomic mass is 16.7. The normalized spacial score (nSPS) is 24.7. The zero-order valence-electron chi connectivity index (χ0n) is 19.4. The Morgan fingerprint density at radius 1 is 0.618 bits per heavy atom. The molecule has 1 N–H and O–H groups in total. The summed E-state index contributed by atoms with van der Waals surface area (Å²) in [7, 11) is 1.57. The predicted molar refractivity (Wildman–Crippen MR) is 128 cm³/mol. The van der Waals surface area contributed by atoms with Crippen LogP contribution in [0.25, 0.3) is 0 Å². The number of ether oxygens (including phenoxy) is 5. The second-order valence-corrected chi connectivity index (χ2v) is 8.24. The summed E-state index contributed by atoms with van der Waals surface area (Å²) in [6.07, 6.45) is -2.97. The Hall–Kier alpha value is -2.58. The van der Waals surface area contributed by atoms with Crippen molar-refractivity contribution >= 4 is 0 Å². The van der Waals surface area contributed by atoms with E-state index in [2.05, 4.69) is 0 Å². The molecule has 0 radical (unpaired) electrons. The van der Waals surface area contributed by atoms with E-state index in [1.807, 2.05) is 91.0 Å². The summed E-state index contributed by atoms with van der Waals surface area (Å²) in [5.41, 5.74) is 3.09. The van der Waals surface area contributed by atoms with Crippen LogP contribution in [-0.2, 0) is 43.5 Å². The van der Waals surface area contributed by atoms with Crippen molar-refractivity contribution in [2.75, 3.05) is 13.7 Å². The van der Waals surface area contributed by atoms with Gasteiger partial charge < -0.3 is 28.8 Å². The molecule has 6 nitrogen and oxygen atoms in total. The van der Waals surface area contributed by atoms with Crippen LogP contribution in [-0.4, -0.2) is 49.5 Å². The molecule has 180 valence electrons. The van der Waals surface area contributed by atoms with Gasteiger partial charge in [-0.3, -0.25) is 0 Å². The van der Waals surface area contributed by atoms with Crippen LogP contribution in [0.4, 0.5) is 0 Å². The minimum absolute atomic E-state index is 0.226. The summed E-state index contributed by atoms with van der Waals surface area (Å²) in [6.45, 7) is 0.876. The monoisotopic (exact) mass is 464 g/mol. The van der Waals surface area contributed by atoms with Crippen LogP contribution in [0.1, 0.15) is 16.7 Å². The largest absolute Gasteiger partial charge is 0.394 e. The van der Waals surface area contributed by atoms with E-state index in [-0.39, 0.29) is 6.61 Å². The van der Waals surface area contributed by atoms with Gasteiger partial charge in [-0.25, -0.2) is 0 Å². The molecule has 1 saturated heterocycles. The molecule has 34 heavy (non-hydrogen) atoms. The smallest absolute Gasteiger partial charge is 0.186 e. The van der Waals surface area contributed by atoms with Crippen molar-refractivity contribution in [1.29, 1.82) is 0 Å². The average Bonchev–Trinajstić information content (AvgIpc) is 2.91. The molecule has 6 heteroatoms. The number of aliphatic hydroxyl groups is 1. The fraction of sp³-hybridized carbons (Fsp3) is 0.357. The third-order valence-corrected chi connectivity index (χ3v) is 5.86. The SMILES string of the molecule is CO[C@H]1O[C@H](CO)[C@@H](OCc2ccccc2)[C@H](OCc2ccccc2)[C@H]1OCc1ccccc1. The molecule has 0 bridgehead atoms. The molecule has 1 heterocycles. The number of methoxy groups -OCH3 is 1. The molecule has 0 saturated carbocycles. The van der Waals surface area contributed by atoms with E-state index < -0.39 is 30.7 Å². The van der Waals surface area contributed by atoms with E-state index in [0.29, 0.717) is 19.8 Å². The maximum Gasteiger partial charge on any atom is 0.186 e. The zero-order valence-corrected chi connectivity index (χ0v) is 19.4. The first-order valence-electron chi connectivity index (χ1n) is 11.5. The van der Waals surface area contributed by atoms with Gasteiger partial charge in [0.2, 0.25) is 0 Å². The molecule has 0 aromatic heterocycles. The molecule has 0 amide bonds. The van der Waals surface area contributed by atoms with Gasteiger partial charge in [0.1, 0.15) is 24.4 Å². The Balaban J connectivity index is 1.56. The summed E-state index contributed by atoms with van der Waals surface area (Å²) in [6, 6.07) is 29.8. The van der Waals surface area contributed by atoms with Crippen molar-refractivity contribution in [3.8, 4) is 0 Å². The standard InChI is InChI=1S/C28H32O6/c1-30-28-27(33-20-23-15-9-4-10-16-23)26(32-19-22-13-7-3-8-14-22)25(24(17-29)34-28)31-18-21-11-5-2-6-12-21/h2-16,24-29H,17-20H2,1H3/t24-,25-,26+,27-,28+/m1/s1. The van der Waals surface area contributed by atoms with E-state index >= 15 is 0 Å². The minimum atomic E-state index is -0.710. The minimum Gasteiger partial charge on any atom is -0.394 e. The fourth-order valence-electron chi connectivity index (χ4n) is 4.08. The van der Waals surface area contributed by atoms with Crippen molar-refractivity contribution < 1.29 is 28.8 Å². The topological polar surface area (TPSA) is 66.4 Å². The Morgan fingerprint density at radius 2 is 1.03 bits per heavy atom. The molecule has 0 spiro atoms. The Morgan fingerprint density at radius 3 is 1.44 bits per heavy atom. The van der Waals surface area contributed by atoms with Gasteiger partial charge in [0.05, 0.1) is 26.4 Å². The highest BCUT2D eigenvalue weighted by Crippen LogP contribution is 2.30. The van der Waals surface area contributed by atoms with Crippen molar-refractivity contribution in [3.05, 3.63) is 108 Å². The van der Waals surface area contributed by atoms with Crippen LogP contribution in [0, 0.1) is 0 Å². The molecule has 1 aliphatic rings. The van der Waals surface area contributed by atoms with Crippen molar-refractivity contribution in [2.24, 2.45) is 0 Å². The Kier molecular flexibility index (Phi) is 9.21. The average molecular weight is 465 g/mol. The Bertz CT molecular complexity index is 895. The lowest BCUT2D eigenvalue weighted by molar-refractivity contribution is -0.321. The molecule has 4 rings (SSSR count). The maximum atomic E-state index is 10.1. The van der Waals surface area contributed by atoms with Crippen LogP contribution < -0.4 is 0 Å². The number of aliphatic hydroxyl groups excluding tert-OH is 1. The highest BCUT2D eigenvalue weighted by Gasteiger charge is 2.48. The summed E-state index contributed by atoms with van der Waals surface area (Å²) in [5.74, 6) is 0. The van der Waals surface area contributed by atoms with Gasteiger partial charge in [-0.15, -0.1) is 0 Å². The van der Waals surface area contributed by atoms with Crippen LogP contribution in [0.2, 0.25) is 0 Å². The third kappa shape index (κ3) is 6.51. The number of hydrogen-bond acceptors (Lipinski definition) is 6. The second-order valence-electron chi connectivity index (χ2n) is 8.24. The van der Waals surface area contributed by atoms with Crippen LogP contribution >= 0.6 is 0 Å². The van der Waals surface area contributed by atoms with Crippen LogP contribution in [0.15, 0.2) is 91.0 Å². The maximum absolute atomic E-state index is 10.1. The molecule has 3 aromatic carbocycles. The lowest BCUT2D eigenvalue weighted by atomic mass is 9.98. The summed E-state index contributed by atoms with van der Waals surface area (Å²) < 4.78 is 30.7. The summed E-state index contributed by atoms with van der Waals surface area (Å²) >= 11 is 0. The van der Waals surface area contributed by atoms with Gasteiger partial charge >= 0.3 is 0 Å². The second kappa shape index (κ2) is 12.8. The predicted octanol–water partition coefficient (Wildman–Crippen LogP) is 4.11. The van der Waals surface area contributed by atoms with E-state index in [0.717, 1.165) is 16.7 Å². The molecule has 0 aliphatic carbocycles. The number of hydrogen-bond donors (Lipinski definition) is 1. The van der Waals surface area contributed by atoms with Gasteiger partial charge in [-0.1, -0.05) is 91.0 Å². The molecule has 3 aromatic rings. The molecular weight excluding hydrogens is 432 g/mol. The van der Waals surface area contributed by atoms with Crippen molar-refractivity contribution in [2.45, 2.75) is 50.5 Å². The highest BCUT2D eigenvalue weighted by molar-refractivity contribution is 5.15. The van der Waals surface area contributed by atoms with Crippen molar-refractivity contribution in [3.63, 3.8) is 0 Å². The van der Waals surface area contributed by atoms with Gasteiger partial charge in [0.25, 0.3) is 0 Å².